The molecule has 1 aromatic heterocycles. The maximum absolute atomic E-state index is 11.9. The van der Waals surface area contributed by atoms with Crippen molar-refractivity contribution in [3.63, 3.8) is 0 Å². The second-order valence-corrected chi connectivity index (χ2v) is 7.62. The number of amides is 1. The number of esters is 1. The van der Waals surface area contributed by atoms with Crippen LogP contribution in [0.1, 0.15) is 22.8 Å². The smallest absolute Gasteiger partial charge is 0.338 e. The Morgan fingerprint density at radius 3 is 2.74 bits per heavy atom. The van der Waals surface area contributed by atoms with Gasteiger partial charge in [0.15, 0.2) is 4.34 Å². The van der Waals surface area contributed by atoms with E-state index in [-0.39, 0.29) is 17.6 Å². The molecule has 0 aliphatic rings. The van der Waals surface area contributed by atoms with E-state index in [1.807, 2.05) is 24.3 Å². The highest BCUT2D eigenvalue weighted by Crippen LogP contribution is 2.28. The Morgan fingerprint density at radius 2 is 2.00 bits per heavy atom. The highest BCUT2D eigenvalue weighted by Gasteiger charge is 2.07. The molecule has 138 valence electrons. The first kappa shape index (κ1) is 19.1. The standard InChI is InChI=1S/C19H17N3O3S2/c1-2-25-18(24)14-9-7-13(8-10-14)11-20-22-17(23)12-26-19-21-15-5-3-4-6-16(15)27-19/h3-11H,2,12H2,1H3,(H,22,23)/b20-11+. The van der Waals surface area contributed by atoms with Crippen LogP contribution in [-0.4, -0.2) is 35.4 Å². The zero-order valence-corrected chi connectivity index (χ0v) is 16.2. The fourth-order valence-electron chi connectivity index (χ4n) is 2.17. The minimum atomic E-state index is -0.360. The maximum atomic E-state index is 11.9. The van der Waals surface area contributed by atoms with Crippen molar-refractivity contribution in [2.75, 3.05) is 12.4 Å². The molecular formula is C19H17N3O3S2. The van der Waals surface area contributed by atoms with Gasteiger partial charge in [-0.2, -0.15) is 5.10 Å². The summed E-state index contributed by atoms with van der Waals surface area (Å²) in [6.07, 6.45) is 1.52. The van der Waals surface area contributed by atoms with Crippen LogP contribution in [0.5, 0.6) is 0 Å². The number of nitrogens with one attached hydrogen (secondary N) is 1. The van der Waals surface area contributed by atoms with E-state index in [9.17, 15) is 9.59 Å². The van der Waals surface area contributed by atoms with Crippen molar-refractivity contribution in [1.29, 1.82) is 0 Å². The normalized spacial score (nSPS) is 11.0. The van der Waals surface area contributed by atoms with Gasteiger partial charge < -0.3 is 4.74 Å². The van der Waals surface area contributed by atoms with Crippen LogP contribution in [0.3, 0.4) is 0 Å². The van der Waals surface area contributed by atoms with E-state index < -0.39 is 0 Å². The second-order valence-electron chi connectivity index (χ2n) is 5.37. The summed E-state index contributed by atoms with van der Waals surface area (Å²) in [5, 5.41) is 3.94. The third-order valence-electron chi connectivity index (χ3n) is 3.43. The Balaban J connectivity index is 1.47. The Kier molecular flexibility index (Phi) is 6.56. The number of carbonyl (C=O) groups is 2. The van der Waals surface area contributed by atoms with Crippen LogP contribution in [-0.2, 0) is 9.53 Å². The lowest BCUT2D eigenvalue weighted by molar-refractivity contribution is -0.118. The average Bonchev–Trinajstić information content (AvgIpc) is 3.10. The van der Waals surface area contributed by atoms with Gasteiger partial charge in [-0.15, -0.1) is 11.3 Å². The minimum Gasteiger partial charge on any atom is -0.462 e. The predicted molar refractivity (Wildman–Crippen MR) is 108 cm³/mol. The number of hydrogen-bond donors (Lipinski definition) is 1. The number of thiazole rings is 1. The van der Waals surface area contributed by atoms with E-state index in [0.717, 1.165) is 20.1 Å². The lowest BCUT2D eigenvalue weighted by Crippen LogP contribution is -2.19. The molecule has 1 amide bonds. The lowest BCUT2D eigenvalue weighted by Gasteiger charge is -2.01. The molecule has 8 heteroatoms. The van der Waals surface area contributed by atoms with Crippen molar-refractivity contribution < 1.29 is 14.3 Å². The number of aromatic nitrogens is 1. The van der Waals surface area contributed by atoms with Gasteiger partial charge in [0.2, 0.25) is 0 Å². The Morgan fingerprint density at radius 1 is 1.22 bits per heavy atom. The number of hydrazone groups is 1. The fourth-order valence-corrected chi connectivity index (χ4v) is 4.03. The molecule has 3 rings (SSSR count). The summed E-state index contributed by atoms with van der Waals surface area (Å²) in [4.78, 5) is 28.0. The number of hydrogen-bond acceptors (Lipinski definition) is 7. The molecule has 3 aromatic rings. The second kappa shape index (κ2) is 9.29. The molecule has 6 nitrogen and oxygen atoms in total. The van der Waals surface area contributed by atoms with Crippen molar-refractivity contribution in [3.8, 4) is 0 Å². The number of rotatable bonds is 7. The molecule has 0 saturated carbocycles. The quantitative estimate of drug-likeness (QED) is 0.283. The van der Waals surface area contributed by atoms with Crippen molar-refractivity contribution in [2.24, 2.45) is 5.10 Å². The number of ether oxygens (including phenoxy) is 1. The molecule has 1 N–H and O–H groups in total. The average molecular weight is 399 g/mol. The SMILES string of the molecule is CCOC(=O)c1ccc(/C=N/NC(=O)CSc2nc3ccccc3s2)cc1. The Labute approximate surface area is 164 Å². The number of fused-ring (bicyclic) bond motifs is 1. The maximum Gasteiger partial charge on any atom is 0.338 e. The molecule has 0 radical (unpaired) electrons. The molecule has 0 spiro atoms. The molecular weight excluding hydrogens is 382 g/mol. The molecule has 0 unspecified atom stereocenters. The summed E-state index contributed by atoms with van der Waals surface area (Å²) in [7, 11) is 0. The van der Waals surface area contributed by atoms with Gasteiger partial charge in [0.05, 0.1) is 34.4 Å². The van der Waals surface area contributed by atoms with Crippen LogP contribution in [0.2, 0.25) is 0 Å². The Hall–Kier alpha value is -2.71. The summed E-state index contributed by atoms with van der Waals surface area (Å²) >= 11 is 2.94. The van der Waals surface area contributed by atoms with Crippen LogP contribution in [0.15, 0.2) is 58.0 Å². The molecule has 0 fully saturated rings. The summed E-state index contributed by atoms with van der Waals surface area (Å²) < 4.78 is 6.88. The Bertz CT molecular complexity index is 935. The van der Waals surface area contributed by atoms with E-state index in [4.69, 9.17) is 4.74 Å². The first-order valence-electron chi connectivity index (χ1n) is 8.23. The summed E-state index contributed by atoms with van der Waals surface area (Å²) in [5.41, 5.74) is 4.67. The number of benzene rings is 2. The van der Waals surface area contributed by atoms with E-state index >= 15 is 0 Å². The van der Waals surface area contributed by atoms with Crippen molar-refractivity contribution in [2.45, 2.75) is 11.3 Å². The van der Waals surface area contributed by atoms with Gasteiger partial charge in [-0.25, -0.2) is 15.2 Å². The topological polar surface area (TPSA) is 80.6 Å². The largest absolute Gasteiger partial charge is 0.462 e. The third-order valence-corrected chi connectivity index (χ3v) is 5.61. The molecule has 0 bridgehead atoms. The molecule has 1 heterocycles. The van der Waals surface area contributed by atoms with Crippen LogP contribution in [0.4, 0.5) is 0 Å². The van der Waals surface area contributed by atoms with Crippen molar-refractivity contribution >= 4 is 51.4 Å². The van der Waals surface area contributed by atoms with Gasteiger partial charge >= 0.3 is 5.97 Å². The monoisotopic (exact) mass is 399 g/mol. The van der Waals surface area contributed by atoms with Crippen molar-refractivity contribution in [1.82, 2.24) is 10.4 Å². The van der Waals surface area contributed by atoms with E-state index in [1.165, 1.54) is 18.0 Å². The molecule has 0 saturated heterocycles. The molecule has 2 aromatic carbocycles. The molecule has 0 aliphatic carbocycles. The fraction of sp³-hybridized carbons (Fsp3) is 0.158. The highest BCUT2D eigenvalue weighted by atomic mass is 32.2. The van der Waals surface area contributed by atoms with Gasteiger partial charge in [-0.3, -0.25) is 4.79 Å². The number of nitrogens with zero attached hydrogens (tertiary/aromatic N) is 2. The number of carbonyl (C=O) groups excluding carboxylic acids is 2. The summed E-state index contributed by atoms with van der Waals surface area (Å²) in [6.45, 7) is 2.10. The molecule has 0 aliphatic heterocycles. The first-order valence-corrected chi connectivity index (χ1v) is 10.0. The van der Waals surface area contributed by atoms with Gasteiger partial charge in [0, 0.05) is 0 Å². The van der Waals surface area contributed by atoms with Gasteiger partial charge in [0.25, 0.3) is 5.91 Å². The molecule has 27 heavy (non-hydrogen) atoms. The summed E-state index contributed by atoms with van der Waals surface area (Å²) in [5.74, 6) is -0.335. The zero-order valence-electron chi connectivity index (χ0n) is 14.5. The lowest BCUT2D eigenvalue weighted by atomic mass is 10.1. The van der Waals surface area contributed by atoms with Gasteiger partial charge in [0.1, 0.15) is 0 Å². The van der Waals surface area contributed by atoms with Crippen molar-refractivity contribution in [3.05, 3.63) is 59.7 Å². The van der Waals surface area contributed by atoms with Crippen LogP contribution in [0, 0.1) is 0 Å². The third kappa shape index (κ3) is 5.38. The molecule has 0 atom stereocenters. The zero-order chi connectivity index (χ0) is 19.1. The van der Waals surface area contributed by atoms with Crippen LogP contribution in [0.25, 0.3) is 10.2 Å². The van der Waals surface area contributed by atoms with Crippen LogP contribution >= 0.6 is 23.1 Å². The van der Waals surface area contributed by atoms with Crippen LogP contribution < -0.4 is 5.43 Å². The van der Waals surface area contributed by atoms with Gasteiger partial charge in [-0.05, 0) is 36.8 Å². The van der Waals surface area contributed by atoms with E-state index in [1.54, 1.807) is 42.5 Å². The first-order chi connectivity index (χ1) is 13.2. The predicted octanol–water partition coefficient (Wildman–Crippen LogP) is 3.72. The summed E-state index contributed by atoms with van der Waals surface area (Å²) in [6, 6.07) is 14.7. The van der Waals surface area contributed by atoms with E-state index in [2.05, 4.69) is 15.5 Å². The number of thioether (sulfide) groups is 1. The highest BCUT2D eigenvalue weighted by molar-refractivity contribution is 8.01. The minimum absolute atomic E-state index is 0.210. The van der Waals surface area contributed by atoms with E-state index in [0.29, 0.717) is 12.2 Å². The van der Waals surface area contributed by atoms with Gasteiger partial charge in [-0.1, -0.05) is 36.0 Å². The number of para-hydroxylation sites is 1.